The third-order valence-corrected chi connectivity index (χ3v) is 2.25. The second-order valence-electron chi connectivity index (χ2n) is 2.91. The summed E-state index contributed by atoms with van der Waals surface area (Å²) in [6.45, 7) is 0. The molecule has 0 saturated heterocycles. The highest BCUT2D eigenvalue weighted by molar-refractivity contribution is 6.99. The predicted octanol–water partition coefficient (Wildman–Crippen LogP) is 0.697. The lowest BCUT2D eigenvalue weighted by molar-refractivity contribution is 0.0989. The van der Waals surface area contributed by atoms with Gasteiger partial charge in [-0.25, -0.2) is 0 Å². The van der Waals surface area contributed by atoms with Crippen LogP contribution in [-0.2, 0) is 13.5 Å². The molecule has 0 atom stereocenters. The molecule has 0 aliphatic carbocycles. The molecule has 0 spiro atoms. The van der Waals surface area contributed by atoms with E-state index >= 15 is 0 Å². The fourth-order valence-electron chi connectivity index (χ4n) is 1.13. The van der Waals surface area contributed by atoms with E-state index in [9.17, 15) is 4.79 Å². The summed E-state index contributed by atoms with van der Waals surface area (Å²) in [5.41, 5.74) is 1.32. The van der Waals surface area contributed by atoms with Gasteiger partial charge in [-0.15, -0.1) is 0 Å². The number of carbonyl (C=O) groups excluding carboxylic acids is 1. The quantitative estimate of drug-likeness (QED) is 0.696. The number of carbonyl (C=O) groups is 1. The molecular weight excluding hydrogens is 200 g/mol. The van der Waals surface area contributed by atoms with Gasteiger partial charge in [-0.1, -0.05) is 0 Å². The van der Waals surface area contributed by atoms with Crippen molar-refractivity contribution >= 4 is 17.5 Å². The monoisotopic (exact) mass is 208 g/mol. The first-order valence-electron chi connectivity index (χ1n) is 4.04. The Hall–Kier alpha value is -1.56. The van der Waals surface area contributed by atoms with Crippen molar-refractivity contribution in [3.8, 4) is 0 Å². The Morgan fingerprint density at radius 1 is 1.57 bits per heavy atom. The molecule has 0 N–H and O–H groups in total. The second-order valence-corrected chi connectivity index (χ2v) is 3.47. The normalized spacial score (nSPS) is 10.4. The molecule has 5 nitrogen and oxygen atoms in total. The van der Waals surface area contributed by atoms with Gasteiger partial charge >= 0.3 is 0 Å². The fourth-order valence-corrected chi connectivity index (χ4v) is 1.56. The van der Waals surface area contributed by atoms with Gasteiger partial charge in [0.1, 0.15) is 5.69 Å². The molecule has 72 valence electrons. The van der Waals surface area contributed by atoms with Crippen LogP contribution in [0.4, 0.5) is 0 Å². The largest absolute Gasteiger partial charge is 0.292 e. The summed E-state index contributed by atoms with van der Waals surface area (Å²) in [6.07, 6.45) is 5.32. The van der Waals surface area contributed by atoms with Crippen molar-refractivity contribution in [1.82, 2.24) is 18.5 Å². The van der Waals surface area contributed by atoms with Crippen LogP contribution in [0.3, 0.4) is 0 Å². The van der Waals surface area contributed by atoms with E-state index < -0.39 is 0 Å². The molecule has 2 aromatic heterocycles. The molecule has 0 aliphatic heterocycles. The molecule has 0 amide bonds. The summed E-state index contributed by atoms with van der Waals surface area (Å²) in [5, 5.41) is 3.98. The fraction of sp³-hybridized carbons (Fsp3) is 0.250. The van der Waals surface area contributed by atoms with Crippen molar-refractivity contribution < 1.29 is 4.79 Å². The first-order valence-corrected chi connectivity index (χ1v) is 4.77. The van der Waals surface area contributed by atoms with Crippen molar-refractivity contribution in [1.29, 1.82) is 0 Å². The van der Waals surface area contributed by atoms with Crippen molar-refractivity contribution in [2.45, 2.75) is 6.42 Å². The van der Waals surface area contributed by atoms with Gasteiger partial charge in [0.2, 0.25) is 0 Å². The zero-order valence-electron chi connectivity index (χ0n) is 7.54. The molecule has 0 aromatic carbocycles. The van der Waals surface area contributed by atoms with Crippen LogP contribution in [0.1, 0.15) is 16.1 Å². The minimum absolute atomic E-state index is 0.0215. The maximum Gasteiger partial charge on any atom is 0.188 e. The maximum atomic E-state index is 11.6. The molecule has 2 heterocycles. The lowest BCUT2D eigenvalue weighted by atomic mass is 10.1. The Balaban J connectivity index is 2.09. The zero-order chi connectivity index (χ0) is 9.97. The van der Waals surface area contributed by atoms with E-state index in [0.717, 1.165) is 17.3 Å². The first-order chi connectivity index (χ1) is 6.75. The molecule has 2 aromatic rings. The van der Waals surface area contributed by atoms with Crippen molar-refractivity contribution in [3.05, 3.63) is 29.8 Å². The first kappa shape index (κ1) is 9.01. The Labute approximate surface area is 84.7 Å². The summed E-state index contributed by atoms with van der Waals surface area (Å²) in [5.74, 6) is -0.0215. The molecule has 0 radical (unpaired) electrons. The molecular formula is C8H8N4OS. The van der Waals surface area contributed by atoms with Crippen LogP contribution < -0.4 is 0 Å². The minimum atomic E-state index is -0.0215. The van der Waals surface area contributed by atoms with Crippen molar-refractivity contribution in [2.24, 2.45) is 7.05 Å². The maximum absolute atomic E-state index is 11.6. The molecule has 2 rings (SSSR count). The molecule has 6 heteroatoms. The number of ketones is 1. The predicted molar refractivity (Wildman–Crippen MR) is 51.2 cm³/mol. The average molecular weight is 208 g/mol. The van der Waals surface area contributed by atoms with E-state index in [1.54, 1.807) is 10.9 Å². The van der Waals surface area contributed by atoms with Gasteiger partial charge in [-0.3, -0.25) is 9.48 Å². The molecule has 14 heavy (non-hydrogen) atoms. The minimum Gasteiger partial charge on any atom is -0.292 e. The van der Waals surface area contributed by atoms with Crippen LogP contribution >= 0.6 is 11.7 Å². The molecule has 0 fully saturated rings. The van der Waals surface area contributed by atoms with Crippen LogP contribution in [0.25, 0.3) is 0 Å². The van der Waals surface area contributed by atoms with E-state index in [2.05, 4.69) is 13.8 Å². The van der Waals surface area contributed by atoms with E-state index in [-0.39, 0.29) is 5.78 Å². The van der Waals surface area contributed by atoms with Gasteiger partial charge in [0, 0.05) is 19.7 Å². The highest BCUT2D eigenvalue weighted by Gasteiger charge is 2.10. The highest BCUT2D eigenvalue weighted by atomic mass is 32.1. The highest BCUT2D eigenvalue weighted by Crippen LogP contribution is 2.04. The van der Waals surface area contributed by atoms with Gasteiger partial charge in [0.15, 0.2) is 5.78 Å². The van der Waals surface area contributed by atoms with Gasteiger partial charge in [0.05, 0.1) is 24.1 Å². The molecule has 0 bridgehead atoms. The third kappa shape index (κ3) is 1.85. The number of aromatic nitrogens is 4. The molecule has 0 unspecified atom stereocenters. The smallest absolute Gasteiger partial charge is 0.188 e. The third-order valence-electron chi connectivity index (χ3n) is 1.77. The number of rotatable bonds is 3. The van der Waals surface area contributed by atoms with Crippen LogP contribution in [0.15, 0.2) is 18.6 Å². The van der Waals surface area contributed by atoms with Crippen LogP contribution in [0.2, 0.25) is 0 Å². The van der Waals surface area contributed by atoms with E-state index in [4.69, 9.17) is 0 Å². The lowest BCUT2D eigenvalue weighted by Gasteiger charge is -1.91. The van der Waals surface area contributed by atoms with Crippen LogP contribution in [-0.4, -0.2) is 24.3 Å². The van der Waals surface area contributed by atoms with Crippen LogP contribution in [0.5, 0.6) is 0 Å². The summed E-state index contributed by atoms with van der Waals surface area (Å²) in [4.78, 5) is 11.6. The van der Waals surface area contributed by atoms with Gasteiger partial charge in [0.25, 0.3) is 0 Å². The summed E-state index contributed by atoms with van der Waals surface area (Å²) < 4.78 is 9.32. The van der Waals surface area contributed by atoms with E-state index in [1.807, 2.05) is 13.2 Å². The number of Topliss-reactive ketones (excluding diaryl/α,β-unsaturated/α-hetero) is 1. The van der Waals surface area contributed by atoms with Gasteiger partial charge in [-0.05, 0) is 5.56 Å². The van der Waals surface area contributed by atoms with Gasteiger partial charge in [-0.2, -0.15) is 13.8 Å². The molecule has 0 aliphatic rings. The summed E-state index contributed by atoms with van der Waals surface area (Å²) in [7, 11) is 1.82. The molecule has 0 saturated carbocycles. The summed E-state index contributed by atoms with van der Waals surface area (Å²) >= 11 is 1.04. The second kappa shape index (κ2) is 3.67. The van der Waals surface area contributed by atoms with Crippen molar-refractivity contribution in [3.63, 3.8) is 0 Å². The van der Waals surface area contributed by atoms with Gasteiger partial charge < -0.3 is 0 Å². The Bertz CT molecular complexity index is 434. The number of hydrogen-bond donors (Lipinski definition) is 0. The van der Waals surface area contributed by atoms with E-state index in [1.165, 1.54) is 6.20 Å². The van der Waals surface area contributed by atoms with E-state index in [0.29, 0.717) is 12.1 Å². The number of nitrogens with zero attached hydrogens (tertiary/aromatic N) is 4. The Morgan fingerprint density at radius 2 is 2.43 bits per heavy atom. The average Bonchev–Trinajstić information content (AvgIpc) is 2.75. The SMILES string of the molecule is Cn1cc(CC(=O)c2cnsn2)cn1. The standard InChI is InChI=1S/C8H8N4OS/c1-12-5-6(3-9-12)2-8(13)7-4-10-14-11-7/h3-5H,2H2,1H3. The lowest BCUT2D eigenvalue weighted by Crippen LogP contribution is -2.02. The Morgan fingerprint density at radius 3 is 3.00 bits per heavy atom. The number of aryl methyl sites for hydroxylation is 1. The zero-order valence-corrected chi connectivity index (χ0v) is 8.36. The Kier molecular flexibility index (Phi) is 2.36. The van der Waals surface area contributed by atoms with Crippen molar-refractivity contribution in [2.75, 3.05) is 0 Å². The van der Waals surface area contributed by atoms with Crippen LogP contribution in [0, 0.1) is 0 Å². The summed E-state index contributed by atoms with van der Waals surface area (Å²) in [6, 6.07) is 0. The topological polar surface area (TPSA) is 60.7 Å². The number of hydrogen-bond acceptors (Lipinski definition) is 5.